The van der Waals surface area contributed by atoms with Gasteiger partial charge in [-0.25, -0.2) is 0 Å². The number of hydrogen-bond acceptors (Lipinski definition) is 3. The third-order valence-electron chi connectivity index (χ3n) is 4.76. The van der Waals surface area contributed by atoms with E-state index in [0.717, 1.165) is 44.4 Å². The van der Waals surface area contributed by atoms with Crippen LogP contribution in [0.2, 0.25) is 0 Å². The van der Waals surface area contributed by atoms with E-state index < -0.39 is 0 Å². The van der Waals surface area contributed by atoms with Crippen molar-refractivity contribution in [1.29, 1.82) is 0 Å². The Kier molecular flexibility index (Phi) is 5.36. The standard InChI is InChI=1S/C18H26N2O3/c21-17(8-4-11-19-18(22)14-9-10-14)20-12-3-1-2-6-15(20)16-7-5-13-23-16/h5,7,13-15H,1-4,6,8-12H2,(H,19,22)/t15-/m1/s1. The van der Waals surface area contributed by atoms with Crippen LogP contribution in [-0.2, 0) is 9.59 Å². The van der Waals surface area contributed by atoms with Gasteiger partial charge in [-0.1, -0.05) is 12.8 Å². The molecule has 1 saturated carbocycles. The predicted octanol–water partition coefficient (Wildman–Crippen LogP) is 3.03. The molecular formula is C18H26N2O3. The Hall–Kier alpha value is -1.78. The smallest absolute Gasteiger partial charge is 0.223 e. The Morgan fingerprint density at radius 2 is 2.09 bits per heavy atom. The highest BCUT2D eigenvalue weighted by Crippen LogP contribution is 2.31. The Balaban J connectivity index is 1.49. The summed E-state index contributed by atoms with van der Waals surface area (Å²) in [7, 11) is 0. The number of carbonyl (C=O) groups excluding carboxylic acids is 2. The molecule has 2 aliphatic rings. The Morgan fingerprint density at radius 3 is 2.83 bits per heavy atom. The second-order valence-electron chi connectivity index (χ2n) is 6.64. The lowest BCUT2D eigenvalue weighted by Crippen LogP contribution is -2.35. The third kappa shape index (κ3) is 4.36. The second-order valence-corrected chi connectivity index (χ2v) is 6.64. The molecule has 2 amide bonds. The molecule has 0 radical (unpaired) electrons. The third-order valence-corrected chi connectivity index (χ3v) is 4.76. The molecule has 0 unspecified atom stereocenters. The fraction of sp³-hybridized carbons (Fsp3) is 0.667. The van der Waals surface area contributed by atoms with Gasteiger partial charge < -0.3 is 14.6 Å². The van der Waals surface area contributed by atoms with Crippen LogP contribution in [0, 0.1) is 5.92 Å². The summed E-state index contributed by atoms with van der Waals surface area (Å²) in [4.78, 5) is 26.2. The molecule has 1 aliphatic carbocycles. The molecule has 1 aromatic rings. The Bertz CT molecular complexity index is 522. The van der Waals surface area contributed by atoms with Gasteiger partial charge in [-0.15, -0.1) is 0 Å². The first-order chi connectivity index (χ1) is 11.3. The van der Waals surface area contributed by atoms with E-state index in [1.165, 1.54) is 6.42 Å². The summed E-state index contributed by atoms with van der Waals surface area (Å²) in [5.74, 6) is 1.46. The van der Waals surface area contributed by atoms with Gasteiger partial charge in [-0.05, 0) is 44.2 Å². The van der Waals surface area contributed by atoms with Gasteiger partial charge in [0.1, 0.15) is 5.76 Å². The summed E-state index contributed by atoms with van der Waals surface area (Å²) >= 11 is 0. The van der Waals surface area contributed by atoms with Crippen LogP contribution in [0.5, 0.6) is 0 Å². The summed E-state index contributed by atoms with van der Waals surface area (Å²) in [6.45, 7) is 1.40. The number of carbonyl (C=O) groups is 2. The molecule has 1 aliphatic heterocycles. The van der Waals surface area contributed by atoms with Crippen molar-refractivity contribution in [2.75, 3.05) is 13.1 Å². The Morgan fingerprint density at radius 1 is 1.22 bits per heavy atom. The molecule has 2 fully saturated rings. The molecule has 1 aromatic heterocycles. The SMILES string of the molecule is O=C(NCCCC(=O)N1CCCCC[C@@H]1c1ccco1)C1CC1. The van der Waals surface area contributed by atoms with E-state index in [2.05, 4.69) is 5.32 Å². The average Bonchev–Trinajstić information content (AvgIpc) is 3.32. The molecule has 0 aromatic carbocycles. The van der Waals surface area contributed by atoms with Crippen molar-refractivity contribution in [3.63, 3.8) is 0 Å². The predicted molar refractivity (Wildman–Crippen MR) is 86.6 cm³/mol. The molecular weight excluding hydrogens is 292 g/mol. The molecule has 5 nitrogen and oxygen atoms in total. The van der Waals surface area contributed by atoms with Gasteiger partial charge in [0, 0.05) is 25.4 Å². The van der Waals surface area contributed by atoms with Crippen molar-refractivity contribution in [1.82, 2.24) is 10.2 Å². The number of likely N-dealkylation sites (tertiary alicyclic amines) is 1. The minimum Gasteiger partial charge on any atom is -0.467 e. The van der Waals surface area contributed by atoms with Crippen LogP contribution in [-0.4, -0.2) is 29.8 Å². The second kappa shape index (κ2) is 7.66. The van der Waals surface area contributed by atoms with Gasteiger partial charge >= 0.3 is 0 Å². The summed E-state index contributed by atoms with van der Waals surface area (Å²) in [5, 5.41) is 2.93. The monoisotopic (exact) mass is 318 g/mol. The molecule has 5 heteroatoms. The summed E-state index contributed by atoms with van der Waals surface area (Å²) in [6.07, 6.45) is 9.23. The van der Waals surface area contributed by atoms with Gasteiger partial charge in [0.2, 0.25) is 11.8 Å². The maximum atomic E-state index is 12.6. The van der Waals surface area contributed by atoms with Gasteiger partial charge in [-0.2, -0.15) is 0 Å². The zero-order chi connectivity index (χ0) is 16.1. The molecule has 1 N–H and O–H groups in total. The molecule has 2 heterocycles. The molecule has 1 atom stereocenters. The fourth-order valence-electron chi connectivity index (χ4n) is 3.27. The van der Waals surface area contributed by atoms with E-state index in [-0.39, 0.29) is 23.8 Å². The maximum absolute atomic E-state index is 12.6. The topological polar surface area (TPSA) is 62.6 Å². The van der Waals surface area contributed by atoms with E-state index in [1.54, 1.807) is 6.26 Å². The minimum atomic E-state index is 0.0704. The number of rotatable bonds is 6. The maximum Gasteiger partial charge on any atom is 0.223 e. The number of nitrogens with one attached hydrogen (secondary N) is 1. The molecule has 126 valence electrons. The lowest BCUT2D eigenvalue weighted by molar-refractivity contribution is -0.134. The zero-order valence-corrected chi connectivity index (χ0v) is 13.6. The van der Waals surface area contributed by atoms with Gasteiger partial charge in [0.15, 0.2) is 0 Å². The molecule has 0 spiro atoms. The summed E-state index contributed by atoms with van der Waals surface area (Å²) < 4.78 is 5.55. The molecule has 3 rings (SSSR count). The van der Waals surface area contributed by atoms with Crippen molar-refractivity contribution in [3.8, 4) is 0 Å². The average molecular weight is 318 g/mol. The lowest BCUT2D eigenvalue weighted by atomic mass is 10.1. The Labute approximate surface area is 137 Å². The van der Waals surface area contributed by atoms with Crippen molar-refractivity contribution in [2.24, 2.45) is 5.92 Å². The van der Waals surface area contributed by atoms with Crippen molar-refractivity contribution >= 4 is 11.8 Å². The number of hydrogen-bond donors (Lipinski definition) is 1. The van der Waals surface area contributed by atoms with E-state index in [0.29, 0.717) is 19.4 Å². The van der Waals surface area contributed by atoms with Crippen LogP contribution in [0.25, 0.3) is 0 Å². The van der Waals surface area contributed by atoms with Crippen molar-refractivity contribution in [3.05, 3.63) is 24.2 Å². The highest BCUT2D eigenvalue weighted by atomic mass is 16.3. The van der Waals surface area contributed by atoms with Crippen molar-refractivity contribution < 1.29 is 14.0 Å². The minimum absolute atomic E-state index is 0.0704. The quantitative estimate of drug-likeness (QED) is 0.820. The van der Waals surface area contributed by atoms with Crippen LogP contribution in [0.1, 0.15) is 63.2 Å². The number of furan rings is 1. The number of amides is 2. The van der Waals surface area contributed by atoms with E-state index in [9.17, 15) is 9.59 Å². The van der Waals surface area contributed by atoms with Crippen LogP contribution >= 0.6 is 0 Å². The van der Waals surface area contributed by atoms with Gasteiger partial charge in [0.25, 0.3) is 0 Å². The van der Waals surface area contributed by atoms with Gasteiger partial charge in [-0.3, -0.25) is 9.59 Å². The molecule has 23 heavy (non-hydrogen) atoms. The normalized spacial score (nSPS) is 21.7. The van der Waals surface area contributed by atoms with E-state index in [1.807, 2.05) is 17.0 Å². The lowest BCUT2D eigenvalue weighted by Gasteiger charge is -2.28. The largest absolute Gasteiger partial charge is 0.467 e. The first-order valence-corrected chi connectivity index (χ1v) is 8.86. The first-order valence-electron chi connectivity index (χ1n) is 8.86. The highest BCUT2D eigenvalue weighted by molar-refractivity contribution is 5.81. The molecule has 0 bridgehead atoms. The first kappa shape index (κ1) is 16.1. The highest BCUT2D eigenvalue weighted by Gasteiger charge is 2.30. The van der Waals surface area contributed by atoms with Crippen LogP contribution < -0.4 is 5.32 Å². The van der Waals surface area contributed by atoms with Crippen LogP contribution in [0.4, 0.5) is 0 Å². The fourth-order valence-corrected chi connectivity index (χ4v) is 3.27. The van der Waals surface area contributed by atoms with Gasteiger partial charge in [0.05, 0.1) is 12.3 Å². The summed E-state index contributed by atoms with van der Waals surface area (Å²) in [5.41, 5.74) is 0. The zero-order valence-electron chi connectivity index (χ0n) is 13.6. The van der Waals surface area contributed by atoms with E-state index in [4.69, 9.17) is 4.42 Å². The van der Waals surface area contributed by atoms with Crippen molar-refractivity contribution in [2.45, 2.75) is 57.4 Å². The summed E-state index contributed by atoms with van der Waals surface area (Å²) in [6, 6.07) is 3.92. The molecule has 1 saturated heterocycles. The van der Waals surface area contributed by atoms with E-state index >= 15 is 0 Å². The van der Waals surface area contributed by atoms with Crippen LogP contribution in [0.3, 0.4) is 0 Å². The van der Waals surface area contributed by atoms with Crippen LogP contribution in [0.15, 0.2) is 22.8 Å². The number of nitrogens with zero attached hydrogens (tertiary/aromatic N) is 1.